The van der Waals surface area contributed by atoms with Crippen molar-refractivity contribution >= 4 is 21.7 Å². The number of rotatable bonds is 3. The molecule has 0 unspecified atom stereocenters. The van der Waals surface area contributed by atoms with Crippen LogP contribution in [-0.4, -0.2) is 19.7 Å². The molecule has 0 fully saturated rings. The topological polar surface area (TPSA) is 81.7 Å². The van der Waals surface area contributed by atoms with Crippen LogP contribution in [-0.2, 0) is 6.54 Å². The molecule has 0 amide bonds. The number of hydrogen-bond acceptors (Lipinski definition) is 5. The Morgan fingerprint density at radius 2 is 2.12 bits per heavy atom. The van der Waals surface area contributed by atoms with Gasteiger partial charge in [0, 0.05) is 0 Å². The lowest BCUT2D eigenvalue weighted by Crippen LogP contribution is -2.10. The Bertz CT molecular complexity index is 518. The van der Waals surface area contributed by atoms with Gasteiger partial charge in [-0.1, -0.05) is 0 Å². The predicted molar refractivity (Wildman–Crippen MR) is 68.3 cm³/mol. The van der Waals surface area contributed by atoms with Crippen molar-refractivity contribution in [2.45, 2.75) is 20.4 Å². The second-order valence-electron chi connectivity index (χ2n) is 3.68. The molecule has 0 aliphatic heterocycles. The number of nitrogen functional groups attached to an aromatic ring is 1. The standard InChI is InChI=1S/C10H13BrN6/c1-6-10(11)7(2)17(16-6)5-8-3-14-9(15-12)4-13-8/h3-4H,5,12H2,1-2H3,(H,14,15). The average Bonchev–Trinajstić information content (AvgIpc) is 2.58. The molecule has 90 valence electrons. The predicted octanol–water partition coefficient (Wildman–Crippen LogP) is 1.39. The van der Waals surface area contributed by atoms with Gasteiger partial charge in [0.1, 0.15) is 0 Å². The summed E-state index contributed by atoms with van der Waals surface area (Å²) in [6.45, 7) is 4.56. The van der Waals surface area contributed by atoms with Gasteiger partial charge >= 0.3 is 0 Å². The lowest BCUT2D eigenvalue weighted by molar-refractivity contribution is 0.644. The number of anilines is 1. The first kappa shape index (κ1) is 12.0. The third-order valence-electron chi connectivity index (χ3n) is 2.46. The number of aromatic nitrogens is 4. The molecule has 0 bridgehead atoms. The molecule has 0 aromatic carbocycles. The maximum atomic E-state index is 5.22. The molecule has 0 spiro atoms. The van der Waals surface area contributed by atoms with Crippen LogP contribution in [0.3, 0.4) is 0 Å². The van der Waals surface area contributed by atoms with Crippen molar-refractivity contribution in [3.8, 4) is 0 Å². The minimum absolute atomic E-state index is 0.545. The summed E-state index contributed by atoms with van der Waals surface area (Å²) in [6.07, 6.45) is 3.27. The van der Waals surface area contributed by atoms with E-state index in [0.29, 0.717) is 12.4 Å². The van der Waals surface area contributed by atoms with Crippen molar-refractivity contribution in [2.24, 2.45) is 5.84 Å². The number of aryl methyl sites for hydroxylation is 1. The van der Waals surface area contributed by atoms with Crippen molar-refractivity contribution in [2.75, 3.05) is 5.43 Å². The molecule has 2 rings (SSSR count). The van der Waals surface area contributed by atoms with E-state index in [2.05, 4.69) is 36.4 Å². The van der Waals surface area contributed by atoms with E-state index in [1.807, 2.05) is 18.5 Å². The van der Waals surface area contributed by atoms with Gasteiger partial charge in [0.2, 0.25) is 0 Å². The summed E-state index contributed by atoms with van der Waals surface area (Å²) in [5, 5.41) is 4.41. The molecule has 0 aliphatic carbocycles. The van der Waals surface area contributed by atoms with E-state index in [4.69, 9.17) is 5.84 Å². The Hall–Kier alpha value is -1.47. The summed E-state index contributed by atoms with van der Waals surface area (Å²) in [7, 11) is 0. The summed E-state index contributed by atoms with van der Waals surface area (Å²) in [6, 6.07) is 0. The van der Waals surface area contributed by atoms with E-state index >= 15 is 0 Å². The van der Waals surface area contributed by atoms with Gasteiger partial charge in [-0.2, -0.15) is 5.10 Å². The van der Waals surface area contributed by atoms with Crippen LogP contribution in [0.25, 0.3) is 0 Å². The zero-order chi connectivity index (χ0) is 12.4. The van der Waals surface area contributed by atoms with Crippen LogP contribution in [0.5, 0.6) is 0 Å². The summed E-state index contributed by atoms with van der Waals surface area (Å²) in [5.41, 5.74) is 5.32. The molecule has 0 aliphatic rings. The lowest BCUT2D eigenvalue weighted by Gasteiger charge is -2.04. The van der Waals surface area contributed by atoms with Crippen LogP contribution in [0.4, 0.5) is 5.82 Å². The summed E-state index contributed by atoms with van der Waals surface area (Å²) in [4.78, 5) is 8.34. The minimum Gasteiger partial charge on any atom is -0.307 e. The average molecular weight is 297 g/mol. The van der Waals surface area contributed by atoms with Gasteiger partial charge < -0.3 is 5.43 Å². The monoisotopic (exact) mass is 296 g/mol. The Labute approximate surface area is 107 Å². The van der Waals surface area contributed by atoms with Crippen molar-refractivity contribution < 1.29 is 0 Å². The number of nitrogens with zero attached hydrogens (tertiary/aromatic N) is 4. The summed E-state index contributed by atoms with van der Waals surface area (Å²) < 4.78 is 2.92. The highest BCUT2D eigenvalue weighted by Crippen LogP contribution is 2.20. The molecule has 0 saturated carbocycles. The maximum Gasteiger partial charge on any atom is 0.158 e. The van der Waals surface area contributed by atoms with E-state index in [9.17, 15) is 0 Å². The van der Waals surface area contributed by atoms with Crippen LogP contribution in [0, 0.1) is 13.8 Å². The molecule has 2 aromatic heterocycles. The fourth-order valence-corrected chi connectivity index (χ4v) is 1.78. The van der Waals surface area contributed by atoms with Crippen molar-refractivity contribution in [3.05, 3.63) is 33.9 Å². The normalized spacial score (nSPS) is 10.6. The number of halogens is 1. The summed E-state index contributed by atoms with van der Waals surface area (Å²) >= 11 is 3.49. The van der Waals surface area contributed by atoms with Crippen molar-refractivity contribution in [1.82, 2.24) is 19.7 Å². The van der Waals surface area contributed by atoms with E-state index in [1.165, 1.54) is 0 Å². The van der Waals surface area contributed by atoms with Gasteiger partial charge in [-0.25, -0.2) is 10.8 Å². The van der Waals surface area contributed by atoms with Gasteiger partial charge in [0.15, 0.2) is 5.82 Å². The third-order valence-corrected chi connectivity index (χ3v) is 3.61. The molecule has 7 heteroatoms. The number of nitrogens with two attached hydrogens (primary N) is 1. The van der Waals surface area contributed by atoms with E-state index < -0.39 is 0 Å². The molecule has 0 saturated heterocycles. The second-order valence-corrected chi connectivity index (χ2v) is 4.47. The van der Waals surface area contributed by atoms with Crippen LogP contribution < -0.4 is 11.3 Å². The Kier molecular flexibility index (Phi) is 3.39. The van der Waals surface area contributed by atoms with Crippen molar-refractivity contribution in [1.29, 1.82) is 0 Å². The van der Waals surface area contributed by atoms with Gasteiger partial charge in [-0.15, -0.1) is 0 Å². The minimum atomic E-state index is 0.545. The van der Waals surface area contributed by atoms with Crippen LogP contribution >= 0.6 is 15.9 Å². The quantitative estimate of drug-likeness (QED) is 0.661. The molecule has 0 radical (unpaired) electrons. The van der Waals surface area contributed by atoms with E-state index in [1.54, 1.807) is 12.4 Å². The fraction of sp³-hybridized carbons (Fsp3) is 0.300. The van der Waals surface area contributed by atoms with E-state index in [-0.39, 0.29) is 0 Å². The number of hydrazine groups is 1. The second kappa shape index (κ2) is 4.80. The highest BCUT2D eigenvalue weighted by Gasteiger charge is 2.09. The highest BCUT2D eigenvalue weighted by atomic mass is 79.9. The molecule has 3 N–H and O–H groups in total. The lowest BCUT2D eigenvalue weighted by atomic mass is 10.4. The molecule has 17 heavy (non-hydrogen) atoms. The maximum absolute atomic E-state index is 5.22. The third kappa shape index (κ3) is 2.45. The largest absolute Gasteiger partial charge is 0.307 e. The molecular formula is C10H13BrN6. The molecular weight excluding hydrogens is 284 g/mol. The Balaban J connectivity index is 2.22. The number of nitrogens with one attached hydrogen (secondary N) is 1. The van der Waals surface area contributed by atoms with E-state index in [0.717, 1.165) is 21.6 Å². The van der Waals surface area contributed by atoms with Gasteiger partial charge in [-0.3, -0.25) is 9.67 Å². The number of hydrogen-bond donors (Lipinski definition) is 2. The van der Waals surface area contributed by atoms with Gasteiger partial charge in [-0.05, 0) is 29.8 Å². The van der Waals surface area contributed by atoms with Crippen LogP contribution in [0.1, 0.15) is 17.1 Å². The zero-order valence-corrected chi connectivity index (χ0v) is 11.2. The molecule has 6 nitrogen and oxygen atoms in total. The van der Waals surface area contributed by atoms with Gasteiger partial charge in [0.05, 0.1) is 40.5 Å². The first-order valence-electron chi connectivity index (χ1n) is 5.09. The smallest absolute Gasteiger partial charge is 0.158 e. The van der Waals surface area contributed by atoms with Crippen LogP contribution in [0.2, 0.25) is 0 Å². The Morgan fingerprint density at radius 1 is 1.35 bits per heavy atom. The van der Waals surface area contributed by atoms with Gasteiger partial charge in [0.25, 0.3) is 0 Å². The fourth-order valence-electron chi connectivity index (χ4n) is 1.49. The van der Waals surface area contributed by atoms with Crippen LogP contribution in [0.15, 0.2) is 16.9 Å². The molecule has 0 atom stereocenters. The first-order valence-corrected chi connectivity index (χ1v) is 5.88. The van der Waals surface area contributed by atoms with Crippen molar-refractivity contribution in [3.63, 3.8) is 0 Å². The molecule has 2 aromatic rings. The highest BCUT2D eigenvalue weighted by molar-refractivity contribution is 9.10. The zero-order valence-electron chi connectivity index (χ0n) is 9.61. The Morgan fingerprint density at radius 3 is 2.59 bits per heavy atom. The molecule has 2 heterocycles. The summed E-state index contributed by atoms with van der Waals surface area (Å²) in [5.74, 6) is 5.77. The first-order chi connectivity index (χ1) is 8.11. The SMILES string of the molecule is Cc1nn(Cc2cnc(NN)cn2)c(C)c1Br.